The number of nitrogens with zero attached hydrogens (tertiary/aromatic N) is 3. The first-order valence-electron chi connectivity index (χ1n) is 7.67. The predicted molar refractivity (Wildman–Crippen MR) is 100.0 cm³/mol. The summed E-state index contributed by atoms with van der Waals surface area (Å²) in [6.45, 7) is 8.52. The Balaban J connectivity index is 0.00000208. The lowest BCUT2D eigenvalue weighted by molar-refractivity contribution is -0.113. The molecule has 1 amide bonds. The van der Waals surface area contributed by atoms with Gasteiger partial charge < -0.3 is 4.90 Å². The third-order valence-electron chi connectivity index (χ3n) is 3.90. The van der Waals surface area contributed by atoms with Gasteiger partial charge in [0, 0.05) is 18.3 Å². The van der Waals surface area contributed by atoms with Gasteiger partial charge in [-0.25, -0.2) is 4.99 Å². The zero-order valence-corrected chi connectivity index (χ0v) is 13.4. The molecule has 124 valence electrons. The average molecular weight is 321 g/mol. The first-order chi connectivity index (χ1) is 11.1. The van der Waals surface area contributed by atoms with E-state index in [-0.39, 0.29) is 13.3 Å². The van der Waals surface area contributed by atoms with Crippen molar-refractivity contribution in [1.82, 2.24) is 4.90 Å². The van der Waals surface area contributed by atoms with E-state index in [9.17, 15) is 4.79 Å². The highest BCUT2D eigenvalue weighted by molar-refractivity contribution is 6.15. The Hall–Kier alpha value is -2.75. The van der Waals surface area contributed by atoms with Crippen molar-refractivity contribution in [2.75, 3.05) is 0 Å². The quantitative estimate of drug-likeness (QED) is 0.770. The number of hydrogen-bond donors (Lipinski definition) is 0. The van der Waals surface area contributed by atoms with Crippen LogP contribution in [0.25, 0.3) is 0 Å². The van der Waals surface area contributed by atoms with Crippen LogP contribution in [-0.2, 0) is 11.3 Å². The van der Waals surface area contributed by atoms with Crippen LogP contribution in [0.15, 0.2) is 70.8 Å². The largest absolute Gasteiger partial charge is 0.328 e. The van der Waals surface area contributed by atoms with E-state index in [1.54, 1.807) is 0 Å². The summed E-state index contributed by atoms with van der Waals surface area (Å²) in [6.07, 6.45) is 7.38. The van der Waals surface area contributed by atoms with Gasteiger partial charge in [-0.1, -0.05) is 58.2 Å². The Morgan fingerprint density at radius 1 is 1.33 bits per heavy atom. The van der Waals surface area contributed by atoms with Crippen molar-refractivity contribution in [2.24, 2.45) is 15.9 Å². The number of carbonyl (C=O) groups excluding carboxylic acids is 1. The molecule has 0 radical (unpaired) electrons. The van der Waals surface area contributed by atoms with Gasteiger partial charge in [0.05, 0.1) is 0 Å². The minimum atomic E-state index is -0.384. The standard InChI is InChI=1S/C19H19N3O.CH4/c1-4-18(23)21-19-16-8-6-5-7-15(16)12-22-11-14(13(2)3)9-10-17(22)20-19;/h4-11,13H,1,12H2,2-3H3;1H4. The summed E-state index contributed by atoms with van der Waals surface area (Å²) in [5.74, 6) is 1.29. The Bertz CT molecular complexity index is 782. The van der Waals surface area contributed by atoms with Gasteiger partial charge in [0.25, 0.3) is 5.91 Å². The van der Waals surface area contributed by atoms with Gasteiger partial charge in [-0.3, -0.25) is 4.79 Å². The molecule has 2 heterocycles. The van der Waals surface area contributed by atoms with E-state index >= 15 is 0 Å². The molecule has 0 bridgehead atoms. The number of benzene rings is 1. The molecule has 24 heavy (non-hydrogen) atoms. The Morgan fingerprint density at radius 2 is 2.08 bits per heavy atom. The Kier molecular flexibility index (Phi) is 5.29. The van der Waals surface area contributed by atoms with E-state index in [0.717, 1.165) is 17.0 Å². The normalized spacial score (nSPS) is 17.3. The van der Waals surface area contributed by atoms with Crippen LogP contribution in [0.3, 0.4) is 0 Å². The molecule has 4 nitrogen and oxygen atoms in total. The molecule has 2 aliphatic rings. The van der Waals surface area contributed by atoms with Crippen molar-refractivity contribution >= 4 is 17.6 Å². The maximum atomic E-state index is 11.7. The third-order valence-corrected chi connectivity index (χ3v) is 3.90. The molecular weight excluding hydrogens is 298 g/mol. The second-order valence-corrected chi connectivity index (χ2v) is 5.85. The number of hydrogen-bond acceptors (Lipinski definition) is 2. The fraction of sp³-hybridized carbons (Fsp3) is 0.250. The van der Waals surface area contributed by atoms with E-state index in [2.05, 4.69) is 47.6 Å². The van der Waals surface area contributed by atoms with Gasteiger partial charge in [-0.2, -0.15) is 4.99 Å². The fourth-order valence-corrected chi connectivity index (χ4v) is 2.59. The van der Waals surface area contributed by atoms with Crippen molar-refractivity contribution in [3.63, 3.8) is 0 Å². The summed E-state index contributed by atoms with van der Waals surface area (Å²) in [5, 5.41) is 0. The van der Waals surface area contributed by atoms with Crippen molar-refractivity contribution in [3.05, 3.63) is 72.0 Å². The van der Waals surface area contributed by atoms with Gasteiger partial charge in [0.15, 0.2) is 5.84 Å². The zero-order chi connectivity index (χ0) is 16.4. The maximum Gasteiger partial charge on any atom is 0.271 e. The average Bonchev–Trinajstić information content (AvgIpc) is 2.70. The molecular formula is C20H23N3O. The fourth-order valence-electron chi connectivity index (χ4n) is 2.59. The second kappa shape index (κ2) is 7.21. The van der Waals surface area contributed by atoms with Crippen molar-refractivity contribution in [2.45, 2.75) is 27.8 Å². The molecule has 0 fully saturated rings. The molecule has 1 aromatic carbocycles. The molecule has 1 aromatic rings. The van der Waals surface area contributed by atoms with E-state index in [1.165, 1.54) is 11.6 Å². The first kappa shape index (κ1) is 17.6. The molecule has 0 unspecified atom stereocenters. The van der Waals surface area contributed by atoms with Gasteiger partial charge >= 0.3 is 0 Å². The van der Waals surface area contributed by atoms with Gasteiger partial charge in [0.1, 0.15) is 5.84 Å². The number of fused-ring (bicyclic) bond motifs is 2. The number of amidine groups is 2. The van der Waals surface area contributed by atoms with E-state index in [0.29, 0.717) is 18.3 Å². The molecule has 0 aromatic heterocycles. The molecule has 3 rings (SSSR count). The van der Waals surface area contributed by atoms with E-state index in [1.807, 2.05) is 30.3 Å². The maximum absolute atomic E-state index is 11.7. The van der Waals surface area contributed by atoms with Crippen molar-refractivity contribution in [1.29, 1.82) is 0 Å². The minimum Gasteiger partial charge on any atom is -0.328 e. The third kappa shape index (κ3) is 3.43. The van der Waals surface area contributed by atoms with E-state index in [4.69, 9.17) is 0 Å². The Labute approximate surface area is 143 Å². The summed E-state index contributed by atoms with van der Waals surface area (Å²) in [5.41, 5.74) is 3.23. The molecule has 0 saturated heterocycles. The highest BCUT2D eigenvalue weighted by Gasteiger charge is 2.22. The van der Waals surface area contributed by atoms with Crippen LogP contribution in [0.4, 0.5) is 0 Å². The van der Waals surface area contributed by atoms with Gasteiger partial charge in [-0.15, -0.1) is 0 Å². The highest BCUT2D eigenvalue weighted by atomic mass is 16.1. The predicted octanol–water partition coefficient (Wildman–Crippen LogP) is 4.11. The summed E-state index contributed by atoms with van der Waals surface area (Å²) in [7, 11) is 0. The summed E-state index contributed by atoms with van der Waals surface area (Å²) < 4.78 is 0. The summed E-state index contributed by atoms with van der Waals surface area (Å²) >= 11 is 0. The zero-order valence-electron chi connectivity index (χ0n) is 13.4. The summed E-state index contributed by atoms with van der Waals surface area (Å²) in [4.78, 5) is 22.5. The van der Waals surface area contributed by atoms with Crippen LogP contribution < -0.4 is 0 Å². The SMILES string of the molecule is C.C=CC(=O)N=C1N=C2C=CC(C(C)C)=CN2Cc2ccccc21. The Morgan fingerprint density at radius 3 is 2.79 bits per heavy atom. The number of aliphatic imine (C=N–C) groups is 2. The van der Waals surface area contributed by atoms with E-state index < -0.39 is 0 Å². The van der Waals surface area contributed by atoms with Crippen molar-refractivity contribution in [3.8, 4) is 0 Å². The lowest BCUT2D eigenvalue weighted by Crippen LogP contribution is -2.26. The molecule has 0 saturated carbocycles. The van der Waals surface area contributed by atoms with Gasteiger partial charge in [0.2, 0.25) is 0 Å². The molecule has 0 aliphatic carbocycles. The monoisotopic (exact) mass is 321 g/mol. The lowest BCUT2D eigenvalue weighted by Gasteiger charge is -2.24. The second-order valence-electron chi connectivity index (χ2n) is 5.85. The molecule has 0 spiro atoms. The van der Waals surface area contributed by atoms with Gasteiger partial charge in [-0.05, 0) is 29.2 Å². The van der Waals surface area contributed by atoms with Crippen LogP contribution in [0.2, 0.25) is 0 Å². The van der Waals surface area contributed by atoms with Crippen LogP contribution >= 0.6 is 0 Å². The highest BCUT2D eigenvalue weighted by Crippen LogP contribution is 2.24. The number of rotatable bonds is 2. The first-order valence-corrected chi connectivity index (χ1v) is 7.67. The van der Waals surface area contributed by atoms with Crippen LogP contribution in [0.5, 0.6) is 0 Å². The van der Waals surface area contributed by atoms with Crippen LogP contribution in [0.1, 0.15) is 32.4 Å². The number of carbonyl (C=O) groups is 1. The minimum absolute atomic E-state index is 0. The lowest BCUT2D eigenvalue weighted by atomic mass is 10.0. The topological polar surface area (TPSA) is 45.0 Å². The smallest absolute Gasteiger partial charge is 0.271 e. The number of amides is 1. The van der Waals surface area contributed by atoms with Crippen LogP contribution in [0, 0.1) is 5.92 Å². The molecule has 4 heteroatoms. The molecule has 0 atom stereocenters. The molecule has 2 aliphatic heterocycles. The summed E-state index contributed by atoms with van der Waals surface area (Å²) in [6, 6.07) is 7.92. The van der Waals surface area contributed by atoms with Crippen LogP contribution in [-0.4, -0.2) is 22.5 Å². The number of allylic oxidation sites excluding steroid dienone is 2. The van der Waals surface area contributed by atoms with Crippen molar-refractivity contribution < 1.29 is 4.79 Å². The molecule has 0 N–H and O–H groups in total.